The molecule has 0 spiro atoms. The highest BCUT2D eigenvalue weighted by Gasteiger charge is 2.07. The smallest absolute Gasteiger partial charge is 0.131 e. The molecule has 3 rings (SSSR count). The van der Waals surface area contributed by atoms with E-state index < -0.39 is 0 Å². The van der Waals surface area contributed by atoms with Gasteiger partial charge in [0.1, 0.15) is 5.82 Å². The normalized spacial score (nSPS) is 10.5. The maximum Gasteiger partial charge on any atom is 0.131 e. The predicted octanol–water partition coefficient (Wildman–Crippen LogP) is 5.61. The summed E-state index contributed by atoms with van der Waals surface area (Å²) >= 11 is 5.86. The highest BCUT2D eigenvalue weighted by molar-refractivity contribution is 6.30. The summed E-state index contributed by atoms with van der Waals surface area (Å²) in [5.74, 6) is -0.233. The highest BCUT2D eigenvalue weighted by Crippen LogP contribution is 2.28. The molecule has 0 N–H and O–H groups in total. The van der Waals surface area contributed by atoms with Crippen molar-refractivity contribution >= 4 is 11.6 Å². The number of benzene rings is 3. The van der Waals surface area contributed by atoms with Crippen molar-refractivity contribution in [2.24, 2.45) is 0 Å². The van der Waals surface area contributed by atoms with Gasteiger partial charge in [0.15, 0.2) is 0 Å². The van der Waals surface area contributed by atoms with Gasteiger partial charge >= 0.3 is 0 Å². The maximum absolute atomic E-state index is 14.3. The molecule has 0 fully saturated rings. The van der Waals surface area contributed by atoms with E-state index in [-0.39, 0.29) is 5.82 Å². The van der Waals surface area contributed by atoms with E-state index in [0.717, 1.165) is 16.7 Å². The fourth-order valence-electron chi connectivity index (χ4n) is 2.14. The first-order valence-electron chi connectivity index (χ1n) is 6.26. The first kappa shape index (κ1) is 12.9. The molecule has 0 aliphatic rings. The van der Waals surface area contributed by atoms with Gasteiger partial charge in [-0.25, -0.2) is 4.39 Å². The lowest BCUT2D eigenvalue weighted by molar-refractivity contribution is 0.632. The second kappa shape index (κ2) is 5.48. The molecule has 0 aliphatic carbocycles. The van der Waals surface area contributed by atoms with Crippen LogP contribution in [0.4, 0.5) is 4.39 Å². The van der Waals surface area contributed by atoms with Gasteiger partial charge in [-0.2, -0.15) is 0 Å². The second-order valence-corrected chi connectivity index (χ2v) is 4.93. The van der Waals surface area contributed by atoms with E-state index >= 15 is 0 Å². The molecule has 0 atom stereocenters. The van der Waals surface area contributed by atoms with Crippen molar-refractivity contribution in [3.8, 4) is 22.3 Å². The summed E-state index contributed by atoms with van der Waals surface area (Å²) in [7, 11) is 0. The summed E-state index contributed by atoms with van der Waals surface area (Å²) in [6, 6.07) is 22.8. The van der Waals surface area contributed by atoms with Gasteiger partial charge in [0.25, 0.3) is 0 Å². The molecule has 1 radical (unpaired) electrons. The minimum Gasteiger partial charge on any atom is -0.206 e. The van der Waals surface area contributed by atoms with E-state index in [9.17, 15) is 4.39 Å². The van der Waals surface area contributed by atoms with Crippen molar-refractivity contribution in [1.82, 2.24) is 0 Å². The van der Waals surface area contributed by atoms with Gasteiger partial charge in [-0.15, -0.1) is 0 Å². The monoisotopic (exact) mass is 281 g/mol. The molecular weight excluding hydrogens is 271 g/mol. The highest BCUT2D eigenvalue weighted by atomic mass is 35.5. The van der Waals surface area contributed by atoms with Crippen LogP contribution in [-0.2, 0) is 0 Å². The molecular formula is C18H11ClF. The van der Waals surface area contributed by atoms with E-state index in [0.29, 0.717) is 10.6 Å². The van der Waals surface area contributed by atoms with Crippen molar-refractivity contribution in [2.75, 3.05) is 0 Å². The quantitative estimate of drug-likeness (QED) is 0.572. The number of hydrogen-bond acceptors (Lipinski definition) is 0. The Labute approximate surface area is 122 Å². The van der Waals surface area contributed by atoms with Crippen LogP contribution in [-0.4, -0.2) is 0 Å². The van der Waals surface area contributed by atoms with Crippen molar-refractivity contribution in [3.05, 3.63) is 83.6 Å². The van der Waals surface area contributed by atoms with E-state index in [1.807, 2.05) is 30.3 Å². The lowest BCUT2D eigenvalue weighted by atomic mass is 10.00. The van der Waals surface area contributed by atoms with Crippen LogP contribution < -0.4 is 0 Å². The molecule has 3 aromatic carbocycles. The molecule has 0 unspecified atom stereocenters. The predicted molar refractivity (Wildman–Crippen MR) is 81.1 cm³/mol. The van der Waals surface area contributed by atoms with Crippen LogP contribution in [0.25, 0.3) is 22.3 Å². The largest absolute Gasteiger partial charge is 0.206 e. The van der Waals surface area contributed by atoms with Gasteiger partial charge in [0, 0.05) is 10.6 Å². The van der Waals surface area contributed by atoms with Crippen LogP contribution in [0.1, 0.15) is 0 Å². The zero-order valence-corrected chi connectivity index (χ0v) is 11.4. The Balaban J connectivity index is 2.01. The Morgan fingerprint density at radius 3 is 2.05 bits per heavy atom. The summed E-state index contributed by atoms with van der Waals surface area (Å²) in [6.07, 6.45) is 0. The van der Waals surface area contributed by atoms with Crippen LogP contribution in [0.15, 0.2) is 66.7 Å². The minimum absolute atomic E-state index is 0.233. The van der Waals surface area contributed by atoms with Gasteiger partial charge in [0.2, 0.25) is 0 Å². The molecule has 0 nitrogen and oxygen atoms in total. The van der Waals surface area contributed by atoms with E-state index in [2.05, 4.69) is 6.07 Å². The third-order valence-electron chi connectivity index (χ3n) is 3.18. The zero-order valence-electron chi connectivity index (χ0n) is 10.6. The zero-order chi connectivity index (χ0) is 13.9. The molecule has 0 bridgehead atoms. The molecule has 20 heavy (non-hydrogen) atoms. The SMILES string of the molecule is Fc1cc(-c2ccc(Cl)cc2)ccc1-c1cc[c]cc1. The van der Waals surface area contributed by atoms with Crippen molar-refractivity contribution in [1.29, 1.82) is 0 Å². The van der Waals surface area contributed by atoms with E-state index in [1.165, 1.54) is 0 Å². The topological polar surface area (TPSA) is 0 Å². The van der Waals surface area contributed by atoms with E-state index in [1.54, 1.807) is 36.4 Å². The van der Waals surface area contributed by atoms with Crippen molar-refractivity contribution < 1.29 is 4.39 Å². The average molecular weight is 282 g/mol. The lowest BCUT2D eigenvalue weighted by Crippen LogP contribution is -1.86. The molecule has 0 heterocycles. The number of hydrogen-bond donors (Lipinski definition) is 0. The first-order chi connectivity index (χ1) is 9.74. The summed E-state index contributed by atoms with van der Waals surface area (Å²) in [5.41, 5.74) is 3.23. The summed E-state index contributed by atoms with van der Waals surface area (Å²) in [4.78, 5) is 0. The molecule has 0 aromatic heterocycles. The summed E-state index contributed by atoms with van der Waals surface area (Å²) < 4.78 is 14.3. The van der Waals surface area contributed by atoms with Gasteiger partial charge in [-0.05, 0) is 41.0 Å². The standard InChI is InChI=1S/C18H11ClF/c19-16-9-6-13(7-10-16)15-8-11-17(18(20)12-15)14-4-2-1-3-5-14/h2-12H. The molecule has 0 amide bonds. The van der Waals surface area contributed by atoms with Crippen LogP contribution in [0.5, 0.6) is 0 Å². The average Bonchev–Trinajstić information content (AvgIpc) is 2.49. The Morgan fingerprint density at radius 2 is 1.40 bits per heavy atom. The third-order valence-corrected chi connectivity index (χ3v) is 3.43. The summed E-state index contributed by atoms with van der Waals surface area (Å²) in [5, 5.41) is 0.673. The van der Waals surface area contributed by atoms with Crippen molar-refractivity contribution in [2.45, 2.75) is 0 Å². The molecule has 0 aliphatic heterocycles. The van der Waals surface area contributed by atoms with Gasteiger partial charge < -0.3 is 0 Å². The number of rotatable bonds is 2. The molecule has 2 heteroatoms. The molecule has 3 aromatic rings. The fraction of sp³-hybridized carbons (Fsp3) is 0. The minimum atomic E-state index is -0.233. The van der Waals surface area contributed by atoms with Crippen LogP contribution >= 0.6 is 11.6 Å². The lowest BCUT2D eigenvalue weighted by Gasteiger charge is -2.07. The Morgan fingerprint density at radius 1 is 0.750 bits per heavy atom. The third kappa shape index (κ3) is 2.59. The molecule has 0 saturated carbocycles. The van der Waals surface area contributed by atoms with Gasteiger partial charge in [0.05, 0.1) is 0 Å². The Bertz CT molecular complexity index is 718. The second-order valence-electron chi connectivity index (χ2n) is 4.49. The molecule has 0 saturated heterocycles. The first-order valence-corrected chi connectivity index (χ1v) is 6.64. The maximum atomic E-state index is 14.3. The molecule has 97 valence electrons. The number of halogens is 2. The Kier molecular flexibility index (Phi) is 3.53. The fourth-order valence-corrected chi connectivity index (χ4v) is 2.26. The van der Waals surface area contributed by atoms with Gasteiger partial charge in [-0.3, -0.25) is 0 Å². The van der Waals surface area contributed by atoms with E-state index in [4.69, 9.17) is 11.6 Å². The summed E-state index contributed by atoms with van der Waals surface area (Å²) in [6.45, 7) is 0. The van der Waals surface area contributed by atoms with Crippen LogP contribution in [0.3, 0.4) is 0 Å². The van der Waals surface area contributed by atoms with Crippen LogP contribution in [0, 0.1) is 11.9 Å². The van der Waals surface area contributed by atoms with Gasteiger partial charge in [-0.1, -0.05) is 60.1 Å². The van der Waals surface area contributed by atoms with Crippen molar-refractivity contribution in [3.63, 3.8) is 0 Å². The van der Waals surface area contributed by atoms with Crippen LogP contribution in [0.2, 0.25) is 5.02 Å². The Hall–Kier alpha value is -2.12.